The van der Waals surface area contributed by atoms with Crippen molar-refractivity contribution in [3.63, 3.8) is 0 Å². The first kappa shape index (κ1) is 17.5. The number of nitrogens with zero attached hydrogens (tertiary/aromatic N) is 3. The molecule has 3 rings (SSSR count). The molecule has 1 aromatic heterocycles. The Morgan fingerprint density at radius 1 is 1.28 bits per heavy atom. The Balaban J connectivity index is 1.63. The second-order valence-electron chi connectivity index (χ2n) is 5.92. The highest BCUT2D eigenvalue weighted by Gasteiger charge is 2.24. The molecule has 0 aliphatic carbocycles. The summed E-state index contributed by atoms with van der Waals surface area (Å²) in [5.41, 5.74) is 3.23. The molecule has 2 heterocycles. The van der Waals surface area contributed by atoms with Crippen LogP contribution in [0.25, 0.3) is 0 Å². The maximum absolute atomic E-state index is 14.1. The highest BCUT2D eigenvalue weighted by Crippen LogP contribution is 2.18. The fourth-order valence-electron chi connectivity index (χ4n) is 2.79. The van der Waals surface area contributed by atoms with Gasteiger partial charge in [-0.05, 0) is 18.2 Å². The van der Waals surface area contributed by atoms with Crippen LogP contribution >= 0.6 is 11.3 Å². The maximum atomic E-state index is 14.1. The molecule has 0 radical (unpaired) electrons. The van der Waals surface area contributed by atoms with E-state index in [1.165, 1.54) is 25.1 Å². The van der Waals surface area contributed by atoms with E-state index in [1.54, 1.807) is 21.7 Å². The zero-order valence-electron chi connectivity index (χ0n) is 13.9. The third-order valence-electron chi connectivity index (χ3n) is 4.05. The minimum Gasteiger partial charge on any atom is -0.336 e. The summed E-state index contributed by atoms with van der Waals surface area (Å²) in [7, 11) is 0. The smallest absolute Gasteiger partial charge is 0.256 e. The van der Waals surface area contributed by atoms with Crippen molar-refractivity contribution in [1.82, 2.24) is 14.8 Å². The van der Waals surface area contributed by atoms with Crippen molar-refractivity contribution in [2.45, 2.75) is 13.5 Å². The summed E-state index contributed by atoms with van der Waals surface area (Å²) >= 11 is 1.56. The number of carbonyl (C=O) groups is 2. The molecule has 0 bridgehead atoms. The Labute approximate surface area is 149 Å². The summed E-state index contributed by atoms with van der Waals surface area (Å²) in [6, 6.07) is 4.04. The van der Waals surface area contributed by atoms with Crippen LogP contribution in [0.1, 0.15) is 23.0 Å². The monoisotopic (exact) mass is 362 g/mol. The topological polar surface area (TPSA) is 65.5 Å². The normalized spacial score (nSPS) is 15.2. The van der Waals surface area contributed by atoms with Gasteiger partial charge in [0.25, 0.3) is 5.91 Å². The summed E-state index contributed by atoms with van der Waals surface area (Å²) in [6.45, 7) is 4.64. The number of rotatable bonds is 4. The number of anilines is 1. The number of benzene rings is 1. The summed E-state index contributed by atoms with van der Waals surface area (Å²) < 4.78 is 14.1. The number of nitrogens with one attached hydrogen (secondary N) is 1. The molecule has 132 valence electrons. The first-order chi connectivity index (χ1) is 12.0. The van der Waals surface area contributed by atoms with Crippen molar-refractivity contribution in [3.8, 4) is 0 Å². The molecule has 8 heteroatoms. The standard InChI is InChI=1S/C17H19FN4O2S/c1-12(23)20-13-2-3-16(18)15(8-13)17(24)22-6-4-21(5-7-22)9-14-10-25-11-19-14/h2-3,8,10-11H,4-7,9H2,1H3,(H,20,23). The van der Waals surface area contributed by atoms with Crippen molar-refractivity contribution in [1.29, 1.82) is 0 Å². The number of halogens is 1. The van der Waals surface area contributed by atoms with Gasteiger partial charge in [-0.1, -0.05) is 0 Å². The Morgan fingerprint density at radius 3 is 2.68 bits per heavy atom. The van der Waals surface area contributed by atoms with Crippen LogP contribution in [-0.2, 0) is 11.3 Å². The predicted molar refractivity (Wildman–Crippen MR) is 94.0 cm³/mol. The lowest BCUT2D eigenvalue weighted by Gasteiger charge is -2.34. The predicted octanol–water partition coefficient (Wildman–Crippen LogP) is 2.20. The van der Waals surface area contributed by atoms with Crippen molar-refractivity contribution in [3.05, 3.63) is 46.2 Å². The second kappa shape index (κ2) is 7.71. The zero-order chi connectivity index (χ0) is 17.8. The van der Waals surface area contributed by atoms with Gasteiger partial charge in [0.2, 0.25) is 5.91 Å². The average Bonchev–Trinajstić information content (AvgIpc) is 3.09. The van der Waals surface area contributed by atoms with Gasteiger partial charge in [0.15, 0.2) is 0 Å². The van der Waals surface area contributed by atoms with E-state index in [0.29, 0.717) is 18.8 Å². The first-order valence-electron chi connectivity index (χ1n) is 7.99. The summed E-state index contributed by atoms with van der Waals surface area (Å²) in [5, 5.41) is 4.59. The fourth-order valence-corrected chi connectivity index (χ4v) is 3.34. The minimum atomic E-state index is -0.580. The second-order valence-corrected chi connectivity index (χ2v) is 6.64. The number of thiazole rings is 1. The highest BCUT2D eigenvalue weighted by atomic mass is 32.1. The molecule has 1 aliphatic rings. The van der Waals surface area contributed by atoms with Crippen LogP contribution in [0.3, 0.4) is 0 Å². The molecule has 0 atom stereocenters. The van der Waals surface area contributed by atoms with E-state index in [-0.39, 0.29) is 17.4 Å². The lowest BCUT2D eigenvalue weighted by molar-refractivity contribution is -0.114. The minimum absolute atomic E-state index is 0.0146. The molecule has 1 N–H and O–H groups in total. The van der Waals surface area contributed by atoms with Crippen molar-refractivity contribution < 1.29 is 14.0 Å². The van der Waals surface area contributed by atoms with Crippen LogP contribution in [0.2, 0.25) is 0 Å². The molecular formula is C17H19FN4O2S. The van der Waals surface area contributed by atoms with E-state index in [9.17, 15) is 14.0 Å². The molecule has 1 fully saturated rings. The summed E-state index contributed by atoms with van der Waals surface area (Å²) in [5.74, 6) is -1.19. The van der Waals surface area contributed by atoms with E-state index in [4.69, 9.17) is 0 Å². The van der Waals surface area contributed by atoms with Gasteiger partial charge in [0.05, 0.1) is 16.8 Å². The van der Waals surface area contributed by atoms with E-state index in [2.05, 4.69) is 15.2 Å². The van der Waals surface area contributed by atoms with Crippen LogP contribution in [-0.4, -0.2) is 52.8 Å². The van der Waals surface area contributed by atoms with Crippen LogP contribution < -0.4 is 5.32 Å². The van der Waals surface area contributed by atoms with E-state index in [0.717, 1.165) is 25.3 Å². The molecular weight excluding hydrogens is 343 g/mol. The van der Waals surface area contributed by atoms with Gasteiger partial charge in [-0.2, -0.15) is 0 Å². The number of carbonyl (C=O) groups excluding carboxylic acids is 2. The Bertz CT molecular complexity index is 758. The molecule has 2 aromatic rings. The first-order valence-corrected chi connectivity index (χ1v) is 8.93. The average molecular weight is 362 g/mol. The Kier molecular flexibility index (Phi) is 5.40. The summed E-state index contributed by atoms with van der Waals surface area (Å²) in [4.78, 5) is 31.9. The number of piperazine rings is 1. The van der Waals surface area contributed by atoms with Crippen molar-refractivity contribution in [2.75, 3.05) is 31.5 Å². The van der Waals surface area contributed by atoms with Gasteiger partial charge in [0.1, 0.15) is 5.82 Å². The molecule has 0 unspecified atom stereocenters. The van der Waals surface area contributed by atoms with Crippen LogP contribution in [0.5, 0.6) is 0 Å². The molecule has 1 aliphatic heterocycles. The summed E-state index contributed by atoms with van der Waals surface area (Å²) in [6.07, 6.45) is 0. The number of hydrogen-bond acceptors (Lipinski definition) is 5. The van der Waals surface area contributed by atoms with Gasteiger partial charge in [0, 0.05) is 50.7 Å². The number of aromatic nitrogens is 1. The largest absolute Gasteiger partial charge is 0.336 e. The van der Waals surface area contributed by atoms with E-state index < -0.39 is 5.82 Å². The molecule has 0 spiro atoms. The zero-order valence-corrected chi connectivity index (χ0v) is 14.7. The van der Waals surface area contributed by atoms with Gasteiger partial charge in [-0.3, -0.25) is 14.5 Å². The lowest BCUT2D eigenvalue weighted by atomic mass is 10.1. The molecule has 25 heavy (non-hydrogen) atoms. The van der Waals surface area contributed by atoms with Crippen LogP contribution in [0, 0.1) is 5.82 Å². The maximum Gasteiger partial charge on any atom is 0.256 e. The molecule has 1 saturated heterocycles. The number of hydrogen-bond donors (Lipinski definition) is 1. The molecule has 6 nitrogen and oxygen atoms in total. The SMILES string of the molecule is CC(=O)Nc1ccc(F)c(C(=O)N2CCN(Cc3cscn3)CC2)c1. The van der Waals surface area contributed by atoms with Gasteiger partial charge >= 0.3 is 0 Å². The number of amides is 2. The molecule has 0 saturated carbocycles. The molecule has 1 aromatic carbocycles. The van der Waals surface area contributed by atoms with Gasteiger partial charge in [-0.25, -0.2) is 9.37 Å². The van der Waals surface area contributed by atoms with E-state index >= 15 is 0 Å². The highest BCUT2D eigenvalue weighted by molar-refractivity contribution is 7.07. The van der Waals surface area contributed by atoms with Crippen molar-refractivity contribution in [2.24, 2.45) is 0 Å². The van der Waals surface area contributed by atoms with Crippen molar-refractivity contribution >= 4 is 28.8 Å². The third kappa shape index (κ3) is 4.40. The Hall–Kier alpha value is -2.32. The van der Waals surface area contributed by atoms with E-state index in [1.807, 2.05) is 5.38 Å². The Morgan fingerprint density at radius 2 is 2.04 bits per heavy atom. The quantitative estimate of drug-likeness (QED) is 0.906. The molecule has 2 amide bonds. The third-order valence-corrected chi connectivity index (χ3v) is 4.68. The van der Waals surface area contributed by atoms with Crippen LogP contribution in [0.4, 0.5) is 10.1 Å². The lowest BCUT2D eigenvalue weighted by Crippen LogP contribution is -2.48. The fraction of sp³-hybridized carbons (Fsp3) is 0.353. The van der Waals surface area contributed by atoms with Gasteiger partial charge in [-0.15, -0.1) is 11.3 Å². The van der Waals surface area contributed by atoms with Gasteiger partial charge < -0.3 is 10.2 Å². The van der Waals surface area contributed by atoms with Crippen LogP contribution in [0.15, 0.2) is 29.1 Å².